The molecule has 0 aromatic carbocycles. The van der Waals surface area contributed by atoms with Gasteiger partial charge in [0, 0.05) is 5.92 Å². The number of hydrogen-bond acceptors (Lipinski definition) is 0. The molecule has 1 unspecified atom stereocenters. The van der Waals surface area contributed by atoms with Gasteiger partial charge < -0.3 is 0 Å². The molecule has 0 heterocycles. The van der Waals surface area contributed by atoms with Crippen molar-refractivity contribution >= 4 is 0 Å². The minimum absolute atomic E-state index is 0.595. The Morgan fingerprint density at radius 2 is 2.46 bits per heavy atom. The zero-order valence-corrected chi connectivity index (χ0v) is 8.59. The molecule has 0 bridgehead atoms. The molecule has 1 rings (SSSR count). The van der Waals surface area contributed by atoms with E-state index in [-0.39, 0.29) is 0 Å². The summed E-state index contributed by atoms with van der Waals surface area (Å²) in [7, 11) is 0. The molecule has 0 nitrogen and oxygen atoms in total. The predicted octanol–water partition coefficient (Wildman–Crippen LogP) is 4.03. The van der Waals surface area contributed by atoms with Crippen molar-refractivity contribution in [2.24, 2.45) is 5.92 Å². The lowest BCUT2D eigenvalue weighted by atomic mass is 9.87. The maximum Gasteiger partial charge on any atom is 0.00175 e. The first-order valence-electron chi connectivity index (χ1n) is 4.93. The molecule has 0 amide bonds. The van der Waals surface area contributed by atoms with Crippen LogP contribution in [0.1, 0.15) is 26.7 Å². The summed E-state index contributed by atoms with van der Waals surface area (Å²) in [6, 6.07) is 0. The van der Waals surface area contributed by atoms with E-state index in [9.17, 15) is 0 Å². The van der Waals surface area contributed by atoms with Crippen LogP contribution in [-0.2, 0) is 0 Å². The van der Waals surface area contributed by atoms with Crippen LogP contribution in [0, 0.1) is 5.92 Å². The second-order valence-electron chi connectivity index (χ2n) is 3.52. The fourth-order valence-electron chi connectivity index (χ4n) is 1.63. The molecule has 0 radical (unpaired) electrons. The van der Waals surface area contributed by atoms with E-state index in [4.69, 9.17) is 0 Å². The second-order valence-corrected chi connectivity index (χ2v) is 3.52. The highest BCUT2D eigenvalue weighted by Crippen LogP contribution is 2.26. The van der Waals surface area contributed by atoms with Crippen LogP contribution in [0.15, 0.2) is 48.1 Å². The Balaban J connectivity index is 2.67. The molecular weight excluding hydrogens is 156 g/mol. The summed E-state index contributed by atoms with van der Waals surface area (Å²) < 4.78 is 0. The number of hydrogen-bond donors (Lipinski definition) is 0. The lowest BCUT2D eigenvalue weighted by molar-refractivity contribution is 0.715. The summed E-state index contributed by atoms with van der Waals surface area (Å²) >= 11 is 0. The van der Waals surface area contributed by atoms with E-state index in [1.54, 1.807) is 5.57 Å². The molecule has 0 heteroatoms. The first kappa shape index (κ1) is 10.0. The smallest absolute Gasteiger partial charge is 0.00175 e. The van der Waals surface area contributed by atoms with E-state index in [1.165, 1.54) is 18.4 Å². The standard InChI is InChI=1S/C13H18/c1-4-7-11(3)13-9-6-8-12(5-2)10-13/h4,6-9,13H,1,5,10H2,2-3H3/b11-7+. The first-order valence-corrected chi connectivity index (χ1v) is 4.93. The van der Waals surface area contributed by atoms with Gasteiger partial charge in [-0.1, -0.05) is 55.0 Å². The van der Waals surface area contributed by atoms with Crippen LogP contribution in [0.3, 0.4) is 0 Å². The van der Waals surface area contributed by atoms with Gasteiger partial charge in [-0.3, -0.25) is 0 Å². The Bertz CT molecular complexity index is 264. The maximum atomic E-state index is 3.72. The summed E-state index contributed by atoms with van der Waals surface area (Å²) in [4.78, 5) is 0. The molecule has 0 aromatic rings. The Morgan fingerprint density at radius 1 is 1.69 bits per heavy atom. The molecule has 0 spiro atoms. The highest BCUT2D eigenvalue weighted by Gasteiger charge is 2.10. The number of rotatable bonds is 3. The van der Waals surface area contributed by atoms with E-state index < -0.39 is 0 Å². The third kappa shape index (κ3) is 2.73. The van der Waals surface area contributed by atoms with Crippen molar-refractivity contribution in [2.75, 3.05) is 0 Å². The molecule has 0 saturated carbocycles. The molecule has 0 saturated heterocycles. The monoisotopic (exact) mass is 174 g/mol. The van der Waals surface area contributed by atoms with Gasteiger partial charge in [0.05, 0.1) is 0 Å². The molecule has 70 valence electrons. The predicted molar refractivity (Wildman–Crippen MR) is 59.6 cm³/mol. The maximum absolute atomic E-state index is 3.72. The van der Waals surface area contributed by atoms with Gasteiger partial charge in [0.25, 0.3) is 0 Å². The summed E-state index contributed by atoms with van der Waals surface area (Å²) in [6.07, 6.45) is 13.0. The minimum Gasteiger partial charge on any atom is -0.0991 e. The van der Waals surface area contributed by atoms with Crippen molar-refractivity contribution in [3.05, 3.63) is 48.1 Å². The van der Waals surface area contributed by atoms with Crippen molar-refractivity contribution in [2.45, 2.75) is 26.7 Å². The minimum atomic E-state index is 0.595. The van der Waals surface area contributed by atoms with Crippen LogP contribution in [0.4, 0.5) is 0 Å². The van der Waals surface area contributed by atoms with E-state index in [0.29, 0.717) is 5.92 Å². The van der Waals surface area contributed by atoms with Crippen LogP contribution in [0.5, 0.6) is 0 Å². The molecule has 1 atom stereocenters. The zero-order chi connectivity index (χ0) is 9.68. The molecule has 13 heavy (non-hydrogen) atoms. The average molecular weight is 174 g/mol. The van der Waals surface area contributed by atoms with Crippen LogP contribution in [-0.4, -0.2) is 0 Å². The van der Waals surface area contributed by atoms with Crippen LogP contribution < -0.4 is 0 Å². The Kier molecular flexibility index (Phi) is 3.75. The van der Waals surface area contributed by atoms with E-state index in [2.05, 4.69) is 44.7 Å². The highest BCUT2D eigenvalue weighted by molar-refractivity contribution is 5.27. The van der Waals surface area contributed by atoms with E-state index in [1.807, 2.05) is 6.08 Å². The summed E-state index contributed by atoms with van der Waals surface area (Å²) in [5, 5.41) is 0. The van der Waals surface area contributed by atoms with Gasteiger partial charge in [0.15, 0.2) is 0 Å². The molecule has 0 N–H and O–H groups in total. The van der Waals surface area contributed by atoms with Crippen LogP contribution in [0.2, 0.25) is 0 Å². The van der Waals surface area contributed by atoms with Gasteiger partial charge in [-0.25, -0.2) is 0 Å². The molecule has 1 aliphatic rings. The van der Waals surface area contributed by atoms with Gasteiger partial charge in [-0.15, -0.1) is 0 Å². The van der Waals surface area contributed by atoms with E-state index in [0.717, 1.165) is 0 Å². The highest BCUT2D eigenvalue weighted by atomic mass is 14.2. The Hall–Kier alpha value is -1.04. The van der Waals surface area contributed by atoms with Gasteiger partial charge in [-0.2, -0.15) is 0 Å². The molecule has 0 aromatic heterocycles. The largest absolute Gasteiger partial charge is 0.0991 e. The average Bonchev–Trinajstić information content (AvgIpc) is 2.18. The van der Waals surface area contributed by atoms with Crippen molar-refractivity contribution < 1.29 is 0 Å². The summed E-state index contributed by atoms with van der Waals surface area (Å²) in [5.41, 5.74) is 2.95. The Morgan fingerprint density at radius 3 is 3.08 bits per heavy atom. The second kappa shape index (κ2) is 4.86. The van der Waals surface area contributed by atoms with Gasteiger partial charge in [0.1, 0.15) is 0 Å². The van der Waals surface area contributed by atoms with Gasteiger partial charge >= 0.3 is 0 Å². The first-order chi connectivity index (χ1) is 6.27. The van der Waals surface area contributed by atoms with Crippen molar-refractivity contribution in [1.29, 1.82) is 0 Å². The topological polar surface area (TPSA) is 0 Å². The lowest BCUT2D eigenvalue weighted by Crippen LogP contribution is -2.03. The van der Waals surface area contributed by atoms with Crippen LogP contribution >= 0.6 is 0 Å². The molecule has 0 fully saturated rings. The third-order valence-electron chi connectivity index (χ3n) is 2.58. The fraction of sp³-hybridized carbons (Fsp3) is 0.385. The summed E-state index contributed by atoms with van der Waals surface area (Å²) in [5.74, 6) is 0.595. The van der Waals surface area contributed by atoms with Gasteiger partial charge in [-0.05, 0) is 19.8 Å². The van der Waals surface area contributed by atoms with E-state index >= 15 is 0 Å². The van der Waals surface area contributed by atoms with Gasteiger partial charge in [0.2, 0.25) is 0 Å². The number of allylic oxidation sites excluding steroid dienone is 7. The Labute approximate surface area is 81.4 Å². The normalized spacial score (nSPS) is 22.8. The molecular formula is C13H18. The lowest BCUT2D eigenvalue weighted by Gasteiger charge is -2.18. The van der Waals surface area contributed by atoms with Crippen molar-refractivity contribution in [3.8, 4) is 0 Å². The quantitative estimate of drug-likeness (QED) is 0.567. The zero-order valence-electron chi connectivity index (χ0n) is 8.59. The SMILES string of the molecule is C=C/C=C(\C)C1C=CC=C(CC)C1. The fourth-order valence-corrected chi connectivity index (χ4v) is 1.63. The van der Waals surface area contributed by atoms with Crippen molar-refractivity contribution in [3.63, 3.8) is 0 Å². The van der Waals surface area contributed by atoms with Crippen LogP contribution in [0.25, 0.3) is 0 Å². The van der Waals surface area contributed by atoms with Crippen molar-refractivity contribution in [1.82, 2.24) is 0 Å². The summed E-state index contributed by atoms with van der Waals surface area (Å²) in [6.45, 7) is 8.11. The molecule has 0 aliphatic heterocycles. The molecule has 1 aliphatic carbocycles. The third-order valence-corrected chi connectivity index (χ3v) is 2.58.